The van der Waals surface area contributed by atoms with Crippen molar-refractivity contribution in [3.8, 4) is 0 Å². The van der Waals surface area contributed by atoms with Crippen LogP contribution in [0.5, 0.6) is 0 Å². The summed E-state index contributed by atoms with van der Waals surface area (Å²) in [7, 11) is 0. The Hall–Kier alpha value is -2.28. The molecule has 0 aliphatic heterocycles. The van der Waals surface area contributed by atoms with E-state index in [4.69, 9.17) is 0 Å². The highest BCUT2D eigenvalue weighted by Crippen LogP contribution is 2.20. The lowest BCUT2D eigenvalue weighted by Crippen LogP contribution is -2.21. The summed E-state index contributed by atoms with van der Waals surface area (Å²) in [4.78, 5) is 23.6. The van der Waals surface area contributed by atoms with Crippen LogP contribution in [0, 0.1) is 18.6 Å². The molecule has 120 valence electrons. The summed E-state index contributed by atoms with van der Waals surface area (Å²) in [6.07, 6.45) is -0.436. The lowest BCUT2D eigenvalue weighted by Gasteiger charge is -2.09. The first kappa shape index (κ1) is 17.1. The summed E-state index contributed by atoms with van der Waals surface area (Å²) in [5, 5.41) is 4.96. The molecule has 0 saturated carbocycles. The number of nitrogens with one attached hydrogen (secondary N) is 2. The van der Waals surface area contributed by atoms with Gasteiger partial charge in [0.15, 0.2) is 11.6 Å². The highest BCUT2D eigenvalue weighted by molar-refractivity contribution is 9.10. The predicted molar refractivity (Wildman–Crippen MR) is 87.1 cm³/mol. The summed E-state index contributed by atoms with van der Waals surface area (Å²) in [6, 6.07) is 8.28. The first-order valence-electron chi connectivity index (χ1n) is 6.66. The predicted octanol–water partition coefficient (Wildman–Crippen LogP) is 4.00. The molecule has 2 N–H and O–H groups in total. The standard InChI is InChI=1S/C16H13BrF2N2O2/c1-9-6-10(17)2-5-14(9)21-16(23)8-15(22)20-11-3-4-12(18)13(19)7-11/h2-7H,8H2,1H3,(H,20,22)(H,21,23). The zero-order chi connectivity index (χ0) is 17.0. The summed E-state index contributed by atoms with van der Waals surface area (Å²) < 4.78 is 26.7. The van der Waals surface area contributed by atoms with Crippen LogP contribution in [0.15, 0.2) is 40.9 Å². The van der Waals surface area contributed by atoms with E-state index in [0.29, 0.717) is 5.69 Å². The van der Waals surface area contributed by atoms with Gasteiger partial charge in [-0.2, -0.15) is 0 Å². The van der Waals surface area contributed by atoms with Gasteiger partial charge in [0, 0.05) is 21.9 Å². The van der Waals surface area contributed by atoms with Gasteiger partial charge in [0.2, 0.25) is 11.8 Å². The number of carbonyl (C=O) groups is 2. The van der Waals surface area contributed by atoms with Crippen LogP contribution in [0.1, 0.15) is 12.0 Å². The van der Waals surface area contributed by atoms with Crippen molar-refractivity contribution in [3.63, 3.8) is 0 Å². The number of carbonyl (C=O) groups excluding carboxylic acids is 2. The Labute approximate surface area is 140 Å². The molecule has 0 heterocycles. The lowest BCUT2D eigenvalue weighted by molar-refractivity contribution is -0.123. The molecule has 2 amide bonds. The Balaban J connectivity index is 1.94. The molecular weight excluding hydrogens is 370 g/mol. The van der Waals surface area contributed by atoms with Gasteiger partial charge in [0.1, 0.15) is 6.42 Å². The van der Waals surface area contributed by atoms with E-state index in [1.54, 1.807) is 12.1 Å². The minimum Gasteiger partial charge on any atom is -0.326 e. The van der Waals surface area contributed by atoms with Gasteiger partial charge in [0.25, 0.3) is 0 Å². The Kier molecular flexibility index (Phi) is 5.44. The highest BCUT2D eigenvalue weighted by Gasteiger charge is 2.12. The number of anilines is 2. The lowest BCUT2D eigenvalue weighted by atomic mass is 10.2. The second kappa shape index (κ2) is 7.32. The van der Waals surface area contributed by atoms with E-state index in [1.807, 2.05) is 13.0 Å². The van der Waals surface area contributed by atoms with Crippen LogP contribution >= 0.6 is 15.9 Å². The third kappa shape index (κ3) is 4.85. The Bertz CT molecular complexity index is 766. The first-order chi connectivity index (χ1) is 10.8. The van der Waals surface area contributed by atoms with Crippen molar-refractivity contribution in [1.82, 2.24) is 0 Å². The number of halogens is 3. The van der Waals surface area contributed by atoms with Gasteiger partial charge in [0.05, 0.1) is 0 Å². The molecule has 0 radical (unpaired) electrons. The topological polar surface area (TPSA) is 58.2 Å². The number of hydrogen-bond acceptors (Lipinski definition) is 2. The molecule has 2 rings (SSSR count). The smallest absolute Gasteiger partial charge is 0.233 e. The first-order valence-corrected chi connectivity index (χ1v) is 7.45. The minimum atomic E-state index is -1.07. The molecule has 0 aliphatic carbocycles. The number of amides is 2. The van der Waals surface area contributed by atoms with Crippen LogP contribution in [0.3, 0.4) is 0 Å². The molecule has 0 spiro atoms. The fourth-order valence-electron chi connectivity index (χ4n) is 1.89. The maximum atomic E-state index is 13.0. The van der Waals surface area contributed by atoms with Crippen LogP contribution < -0.4 is 10.6 Å². The molecule has 4 nitrogen and oxygen atoms in total. The van der Waals surface area contributed by atoms with E-state index in [9.17, 15) is 18.4 Å². The molecule has 0 atom stereocenters. The average Bonchev–Trinajstić information content (AvgIpc) is 2.46. The summed E-state index contributed by atoms with van der Waals surface area (Å²) in [5.74, 6) is -3.21. The van der Waals surface area contributed by atoms with Crippen molar-refractivity contribution in [2.45, 2.75) is 13.3 Å². The van der Waals surface area contributed by atoms with Gasteiger partial charge in [-0.05, 0) is 42.8 Å². The molecule has 0 unspecified atom stereocenters. The quantitative estimate of drug-likeness (QED) is 0.785. The molecule has 0 aliphatic rings. The summed E-state index contributed by atoms with van der Waals surface area (Å²) in [5.41, 5.74) is 1.52. The number of hydrogen-bond donors (Lipinski definition) is 2. The maximum absolute atomic E-state index is 13.0. The van der Waals surface area contributed by atoms with E-state index in [0.717, 1.165) is 22.2 Å². The van der Waals surface area contributed by atoms with Crippen LogP contribution in [0.2, 0.25) is 0 Å². The van der Waals surface area contributed by atoms with Gasteiger partial charge < -0.3 is 10.6 Å². The second-order valence-corrected chi connectivity index (χ2v) is 5.78. The average molecular weight is 383 g/mol. The maximum Gasteiger partial charge on any atom is 0.233 e. The van der Waals surface area contributed by atoms with Crippen LogP contribution in [-0.4, -0.2) is 11.8 Å². The van der Waals surface area contributed by atoms with Crippen molar-refractivity contribution in [3.05, 3.63) is 58.1 Å². The monoisotopic (exact) mass is 382 g/mol. The van der Waals surface area contributed by atoms with Crippen molar-refractivity contribution >= 4 is 39.1 Å². The highest BCUT2D eigenvalue weighted by atomic mass is 79.9. The van der Waals surface area contributed by atoms with Crippen molar-refractivity contribution in [2.75, 3.05) is 10.6 Å². The van der Waals surface area contributed by atoms with E-state index in [-0.39, 0.29) is 5.69 Å². The van der Waals surface area contributed by atoms with Gasteiger partial charge in [-0.1, -0.05) is 15.9 Å². The summed E-state index contributed by atoms with van der Waals surface area (Å²) in [6.45, 7) is 1.82. The van der Waals surface area contributed by atoms with Crippen LogP contribution in [-0.2, 0) is 9.59 Å². The third-order valence-corrected chi connectivity index (χ3v) is 3.48. The molecule has 0 aromatic heterocycles. The second-order valence-electron chi connectivity index (χ2n) is 4.86. The van der Waals surface area contributed by atoms with E-state index in [2.05, 4.69) is 26.6 Å². The van der Waals surface area contributed by atoms with Gasteiger partial charge in [-0.15, -0.1) is 0 Å². The molecular formula is C16H13BrF2N2O2. The molecule has 7 heteroatoms. The normalized spacial score (nSPS) is 10.3. The Morgan fingerprint density at radius 3 is 2.35 bits per heavy atom. The van der Waals surface area contributed by atoms with Crippen LogP contribution in [0.4, 0.5) is 20.2 Å². The molecule has 2 aromatic carbocycles. The van der Waals surface area contributed by atoms with Crippen molar-refractivity contribution in [1.29, 1.82) is 0 Å². The fourth-order valence-corrected chi connectivity index (χ4v) is 2.36. The van der Waals surface area contributed by atoms with Crippen LogP contribution in [0.25, 0.3) is 0 Å². The molecule has 0 saturated heterocycles. The van der Waals surface area contributed by atoms with Crippen molar-refractivity contribution in [2.24, 2.45) is 0 Å². The van der Waals surface area contributed by atoms with Gasteiger partial charge in [-0.25, -0.2) is 8.78 Å². The van der Waals surface area contributed by atoms with E-state index < -0.39 is 29.9 Å². The number of benzene rings is 2. The third-order valence-electron chi connectivity index (χ3n) is 2.99. The van der Waals surface area contributed by atoms with Gasteiger partial charge in [-0.3, -0.25) is 9.59 Å². The zero-order valence-electron chi connectivity index (χ0n) is 12.1. The fraction of sp³-hybridized carbons (Fsp3) is 0.125. The largest absolute Gasteiger partial charge is 0.326 e. The summed E-state index contributed by atoms with van der Waals surface area (Å²) >= 11 is 3.32. The Morgan fingerprint density at radius 1 is 1.00 bits per heavy atom. The van der Waals surface area contributed by atoms with E-state index in [1.165, 1.54) is 6.07 Å². The Morgan fingerprint density at radius 2 is 1.70 bits per heavy atom. The number of aryl methyl sites for hydroxylation is 1. The SMILES string of the molecule is Cc1cc(Br)ccc1NC(=O)CC(=O)Nc1ccc(F)c(F)c1. The number of rotatable bonds is 4. The molecule has 0 bridgehead atoms. The van der Waals surface area contributed by atoms with Gasteiger partial charge >= 0.3 is 0 Å². The van der Waals surface area contributed by atoms with Crippen molar-refractivity contribution < 1.29 is 18.4 Å². The zero-order valence-corrected chi connectivity index (χ0v) is 13.7. The molecule has 23 heavy (non-hydrogen) atoms. The minimum absolute atomic E-state index is 0.0847. The molecule has 2 aromatic rings. The molecule has 0 fully saturated rings. The van der Waals surface area contributed by atoms with E-state index >= 15 is 0 Å².